The molecule has 0 spiro atoms. The summed E-state index contributed by atoms with van der Waals surface area (Å²) in [6.07, 6.45) is 0.417. The van der Waals surface area contributed by atoms with Crippen LogP contribution in [0.2, 0.25) is 0 Å². The summed E-state index contributed by atoms with van der Waals surface area (Å²) in [6.45, 7) is 1.58. The molecule has 1 saturated heterocycles. The Kier molecular flexibility index (Phi) is 6.11. The van der Waals surface area contributed by atoms with Crippen LogP contribution in [-0.4, -0.2) is 52.4 Å². The van der Waals surface area contributed by atoms with Crippen LogP contribution in [-0.2, 0) is 19.9 Å². The molecule has 0 radical (unpaired) electrons. The predicted octanol–water partition coefficient (Wildman–Crippen LogP) is 2.52. The number of nitrogens with zero attached hydrogens (tertiary/aromatic N) is 1. The van der Waals surface area contributed by atoms with Crippen molar-refractivity contribution in [2.75, 3.05) is 20.2 Å². The Morgan fingerprint density at radius 1 is 0.966 bits per heavy atom. The van der Waals surface area contributed by atoms with Crippen LogP contribution in [0.15, 0.2) is 58.3 Å². The van der Waals surface area contributed by atoms with Crippen LogP contribution < -0.4 is 4.74 Å². The fraction of sp³-hybridized carbons (Fsp3) is 0.350. The number of piperidine rings is 1. The number of ketones is 1. The smallest absolute Gasteiger partial charge is 0.243 e. The van der Waals surface area contributed by atoms with E-state index in [0.29, 0.717) is 11.3 Å². The van der Waals surface area contributed by atoms with Gasteiger partial charge in [0.1, 0.15) is 5.75 Å². The summed E-state index contributed by atoms with van der Waals surface area (Å²) in [4.78, 5) is 11.8. The molecule has 0 N–H and O–H groups in total. The lowest BCUT2D eigenvalue weighted by atomic mass is 10.2. The van der Waals surface area contributed by atoms with E-state index in [1.54, 1.807) is 18.2 Å². The molecule has 7 nitrogen and oxygen atoms in total. The fourth-order valence-corrected chi connectivity index (χ4v) is 6.61. The Hall–Kier alpha value is -2.23. The number of hydrogen-bond acceptors (Lipinski definition) is 6. The van der Waals surface area contributed by atoms with Gasteiger partial charge in [-0.25, -0.2) is 16.8 Å². The lowest BCUT2D eigenvalue weighted by molar-refractivity contribution is 0.101. The fourth-order valence-electron chi connectivity index (χ4n) is 3.37. The average molecular weight is 438 g/mol. The van der Waals surface area contributed by atoms with Gasteiger partial charge in [-0.15, -0.1) is 0 Å². The molecule has 156 valence electrons. The van der Waals surface area contributed by atoms with E-state index in [9.17, 15) is 21.6 Å². The normalized spacial score (nSPS) is 16.5. The SMILES string of the molecule is COc1ccc(S(=O)(=O)C2CCN(S(=O)(=O)c3cccc(C(C)=O)c3)CC2)cc1. The summed E-state index contributed by atoms with van der Waals surface area (Å²) in [5.74, 6) is 0.351. The first kappa shape index (κ1) is 21.5. The molecule has 29 heavy (non-hydrogen) atoms. The van der Waals surface area contributed by atoms with Crippen LogP contribution in [0.25, 0.3) is 0 Å². The van der Waals surface area contributed by atoms with Crippen molar-refractivity contribution in [3.05, 3.63) is 54.1 Å². The van der Waals surface area contributed by atoms with Crippen LogP contribution >= 0.6 is 0 Å². The summed E-state index contributed by atoms with van der Waals surface area (Å²) in [6, 6.07) is 12.1. The van der Waals surface area contributed by atoms with Crippen molar-refractivity contribution in [3.63, 3.8) is 0 Å². The second-order valence-corrected chi connectivity index (χ2v) is 11.1. The summed E-state index contributed by atoms with van der Waals surface area (Å²) < 4.78 is 57.9. The highest BCUT2D eigenvalue weighted by molar-refractivity contribution is 7.92. The third kappa shape index (κ3) is 4.36. The van der Waals surface area contributed by atoms with Crippen molar-refractivity contribution < 1.29 is 26.4 Å². The zero-order valence-electron chi connectivity index (χ0n) is 16.2. The van der Waals surface area contributed by atoms with Gasteiger partial charge in [-0.2, -0.15) is 4.31 Å². The van der Waals surface area contributed by atoms with Crippen molar-refractivity contribution in [2.45, 2.75) is 34.8 Å². The maximum atomic E-state index is 12.9. The topological polar surface area (TPSA) is 97.8 Å². The quantitative estimate of drug-likeness (QED) is 0.644. The number of hydrogen-bond donors (Lipinski definition) is 0. The zero-order chi connectivity index (χ0) is 21.2. The molecular formula is C20H23NO6S2. The first-order valence-electron chi connectivity index (χ1n) is 9.15. The van der Waals surface area contributed by atoms with Gasteiger partial charge in [0, 0.05) is 18.7 Å². The molecule has 0 saturated carbocycles. The van der Waals surface area contributed by atoms with E-state index in [0.717, 1.165) is 0 Å². The Bertz CT molecular complexity index is 1100. The minimum Gasteiger partial charge on any atom is -0.497 e. The molecule has 2 aromatic carbocycles. The lowest BCUT2D eigenvalue weighted by Crippen LogP contribution is -2.42. The van der Waals surface area contributed by atoms with Gasteiger partial charge in [0.2, 0.25) is 10.0 Å². The van der Waals surface area contributed by atoms with Crippen molar-refractivity contribution >= 4 is 25.6 Å². The Morgan fingerprint density at radius 3 is 2.14 bits per heavy atom. The highest BCUT2D eigenvalue weighted by atomic mass is 32.2. The van der Waals surface area contributed by atoms with Gasteiger partial charge in [0.15, 0.2) is 15.6 Å². The minimum absolute atomic E-state index is 0.0432. The van der Waals surface area contributed by atoms with Crippen molar-refractivity contribution in [1.82, 2.24) is 4.31 Å². The lowest BCUT2D eigenvalue weighted by Gasteiger charge is -2.31. The number of ether oxygens (including phenoxy) is 1. The van der Waals surface area contributed by atoms with Crippen molar-refractivity contribution in [2.24, 2.45) is 0 Å². The van der Waals surface area contributed by atoms with Gasteiger partial charge in [-0.1, -0.05) is 12.1 Å². The van der Waals surface area contributed by atoms with Crippen LogP contribution in [0.3, 0.4) is 0 Å². The second kappa shape index (κ2) is 8.25. The Morgan fingerprint density at radius 2 is 1.59 bits per heavy atom. The van der Waals surface area contributed by atoms with Crippen molar-refractivity contribution in [1.29, 1.82) is 0 Å². The van der Waals surface area contributed by atoms with Gasteiger partial charge >= 0.3 is 0 Å². The van der Waals surface area contributed by atoms with Gasteiger partial charge in [0.05, 0.1) is 22.2 Å². The maximum Gasteiger partial charge on any atom is 0.243 e. The molecule has 0 aromatic heterocycles. The number of rotatable bonds is 6. The standard InChI is InChI=1S/C20H23NO6S2/c1-15(22)16-4-3-5-20(14-16)29(25,26)21-12-10-19(11-13-21)28(23,24)18-8-6-17(27-2)7-9-18/h3-9,14,19H,10-13H2,1-2H3. The molecule has 9 heteroatoms. The van der Waals surface area contributed by atoms with E-state index in [1.165, 1.54) is 48.7 Å². The maximum absolute atomic E-state index is 12.9. The highest BCUT2D eigenvalue weighted by Gasteiger charge is 2.35. The first-order valence-corrected chi connectivity index (χ1v) is 12.1. The largest absolute Gasteiger partial charge is 0.497 e. The summed E-state index contributed by atoms with van der Waals surface area (Å²) >= 11 is 0. The van der Waals surface area contributed by atoms with Crippen LogP contribution in [0.1, 0.15) is 30.1 Å². The molecule has 0 aliphatic carbocycles. The molecule has 1 aliphatic rings. The number of sulfone groups is 1. The van der Waals surface area contributed by atoms with Crippen LogP contribution in [0, 0.1) is 0 Å². The van der Waals surface area contributed by atoms with Gasteiger partial charge < -0.3 is 4.74 Å². The summed E-state index contributed by atoms with van der Waals surface area (Å²) in [5.41, 5.74) is 0.322. The molecular weight excluding hydrogens is 414 g/mol. The molecule has 0 bridgehead atoms. The number of benzene rings is 2. The van der Waals surface area contributed by atoms with E-state index in [4.69, 9.17) is 4.74 Å². The third-order valence-corrected chi connectivity index (χ3v) is 9.28. The van der Waals surface area contributed by atoms with Gasteiger partial charge in [0.25, 0.3) is 0 Å². The summed E-state index contributed by atoms with van der Waals surface area (Å²) in [5, 5.41) is -0.647. The van der Waals surface area contributed by atoms with E-state index in [2.05, 4.69) is 0 Å². The average Bonchev–Trinajstić information content (AvgIpc) is 2.74. The van der Waals surface area contributed by atoms with Gasteiger partial charge in [-0.05, 0) is 56.2 Å². The molecule has 0 unspecified atom stereocenters. The van der Waals surface area contributed by atoms with E-state index < -0.39 is 25.1 Å². The monoisotopic (exact) mass is 437 g/mol. The number of carbonyl (C=O) groups excluding carboxylic acids is 1. The molecule has 2 aromatic rings. The summed E-state index contributed by atoms with van der Waals surface area (Å²) in [7, 11) is -5.85. The Balaban J connectivity index is 1.75. The van der Waals surface area contributed by atoms with E-state index in [1.807, 2.05) is 0 Å². The Labute approximate surface area is 171 Å². The van der Waals surface area contributed by atoms with Crippen molar-refractivity contribution in [3.8, 4) is 5.75 Å². The highest BCUT2D eigenvalue weighted by Crippen LogP contribution is 2.28. The second-order valence-electron chi connectivity index (χ2n) is 6.91. The third-order valence-electron chi connectivity index (χ3n) is 5.11. The van der Waals surface area contributed by atoms with Crippen LogP contribution in [0.4, 0.5) is 0 Å². The number of carbonyl (C=O) groups is 1. The molecule has 3 rings (SSSR count). The number of methoxy groups -OCH3 is 1. The van der Waals surface area contributed by atoms with Gasteiger partial charge in [-0.3, -0.25) is 4.79 Å². The molecule has 1 aliphatic heterocycles. The molecule has 0 atom stereocenters. The zero-order valence-corrected chi connectivity index (χ0v) is 17.9. The first-order chi connectivity index (χ1) is 13.7. The van der Waals surface area contributed by atoms with Crippen LogP contribution in [0.5, 0.6) is 5.75 Å². The minimum atomic E-state index is -3.79. The number of sulfonamides is 1. The number of Topliss-reactive ketones (excluding diaryl/α,β-unsaturated/α-hetero) is 1. The molecule has 1 heterocycles. The predicted molar refractivity (Wildman–Crippen MR) is 108 cm³/mol. The molecule has 1 fully saturated rings. The molecule has 0 amide bonds. The van der Waals surface area contributed by atoms with E-state index >= 15 is 0 Å². The van der Waals surface area contributed by atoms with E-state index in [-0.39, 0.29) is 41.5 Å².